The van der Waals surface area contributed by atoms with Gasteiger partial charge in [-0.15, -0.1) is 0 Å². The summed E-state index contributed by atoms with van der Waals surface area (Å²) >= 11 is 0. The van der Waals surface area contributed by atoms with Crippen LogP contribution in [0.5, 0.6) is 0 Å². The Labute approximate surface area is 161 Å². The summed E-state index contributed by atoms with van der Waals surface area (Å²) in [5.41, 5.74) is 0.323. The normalized spacial score (nSPS) is 22.0. The van der Waals surface area contributed by atoms with Gasteiger partial charge in [0.25, 0.3) is 5.91 Å². The molecule has 27 heavy (non-hydrogen) atoms. The first kappa shape index (κ1) is 19.8. The van der Waals surface area contributed by atoms with Crippen molar-refractivity contribution in [2.45, 2.75) is 51.6 Å². The lowest BCUT2D eigenvalue weighted by atomic mass is 9.79. The molecule has 1 N–H and O–H groups in total. The van der Waals surface area contributed by atoms with Crippen molar-refractivity contribution in [3.8, 4) is 0 Å². The number of piperidine rings is 1. The van der Waals surface area contributed by atoms with Gasteiger partial charge in [0.2, 0.25) is 5.91 Å². The standard InChI is InChI=1S/C21H31N3O3/c1-16(2)13-19(25)24-10-7-21(8-11-24)14-17(6-12-27-21)15-23-20(26)18-5-3-4-9-22-18/h3-5,9,16-17H,6-8,10-15H2,1-2H3,(H,23,26). The molecule has 0 aliphatic carbocycles. The van der Waals surface area contributed by atoms with Gasteiger partial charge in [-0.25, -0.2) is 0 Å². The van der Waals surface area contributed by atoms with Crippen molar-refractivity contribution in [2.24, 2.45) is 11.8 Å². The van der Waals surface area contributed by atoms with Crippen molar-refractivity contribution in [2.75, 3.05) is 26.2 Å². The second-order valence-corrected chi connectivity index (χ2v) is 8.29. The summed E-state index contributed by atoms with van der Waals surface area (Å²) in [6, 6.07) is 5.35. The average Bonchev–Trinajstić information content (AvgIpc) is 2.67. The SMILES string of the molecule is CC(C)CC(=O)N1CCC2(CC1)CC(CNC(=O)c1ccccn1)CCO2. The smallest absolute Gasteiger partial charge is 0.269 e. The molecule has 3 rings (SSSR count). The lowest BCUT2D eigenvalue weighted by Crippen LogP contribution is -2.52. The highest BCUT2D eigenvalue weighted by Gasteiger charge is 2.41. The van der Waals surface area contributed by atoms with E-state index in [1.807, 2.05) is 11.0 Å². The highest BCUT2D eigenvalue weighted by atomic mass is 16.5. The topological polar surface area (TPSA) is 71.5 Å². The Morgan fingerprint density at radius 2 is 2.11 bits per heavy atom. The molecule has 2 fully saturated rings. The highest BCUT2D eigenvalue weighted by Crippen LogP contribution is 2.37. The van der Waals surface area contributed by atoms with Gasteiger partial charge >= 0.3 is 0 Å². The number of carbonyl (C=O) groups excluding carboxylic acids is 2. The van der Waals surface area contributed by atoms with E-state index in [0.29, 0.717) is 30.5 Å². The van der Waals surface area contributed by atoms with Crippen LogP contribution < -0.4 is 5.32 Å². The average molecular weight is 373 g/mol. The quantitative estimate of drug-likeness (QED) is 0.861. The molecular weight excluding hydrogens is 342 g/mol. The third-order valence-corrected chi connectivity index (χ3v) is 5.65. The van der Waals surface area contributed by atoms with Crippen molar-refractivity contribution in [3.63, 3.8) is 0 Å². The van der Waals surface area contributed by atoms with Crippen LogP contribution in [-0.2, 0) is 9.53 Å². The molecule has 1 spiro atoms. The number of likely N-dealkylation sites (tertiary alicyclic amines) is 1. The zero-order valence-corrected chi connectivity index (χ0v) is 16.4. The maximum absolute atomic E-state index is 12.3. The minimum Gasteiger partial charge on any atom is -0.375 e. The molecule has 2 aliphatic heterocycles. The first-order chi connectivity index (χ1) is 13.0. The Bertz CT molecular complexity index is 639. The fraction of sp³-hybridized carbons (Fsp3) is 0.667. The minimum absolute atomic E-state index is 0.120. The third kappa shape index (κ3) is 5.28. The summed E-state index contributed by atoms with van der Waals surface area (Å²) < 4.78 is 6.17. The molecule has 148 valence electrons. The van der Waals surface area contributed by atoms with Crippen molar-refractivity contribution < 1.29 is 14.3 Å². The van der Waals surface area contributed by atoms with Crippen LogP contribution in [0.15, 0.2) is 24.4 Å². The molecule has 2 saturated heterocycles. The van der Waals surface area contributed by atoms with Gasteiger partial charge in [0.1, 0.15) is 5.69 Å². The molecule has 6 nitrogen and oxygen atoms in total. The monoisotopic (exact) mass is 373 g/mol. The maximum Gasteiger partial charge on any atom is 0.269 e. The van der Waals surface area contributed by atoms with E-state index in [4.69, 9.17) is 4.74 Å². The van der Waals surface area contributed by atoms with Crippen LogP contribution in [0, 0.1) is 11.8 Å². The zero-order chi connectivity index (χ0) is 19.3. The van der Waals surface area contributed by atoms with Crippen LogP contribution in [0.3, 0.4) is 0 Å². The first-order valence-corrected chi connectivity index (χ1v) is 10.1. The number of pyridine rings is 1. The Balaban J connectivity index is 1.48. The molecule has 0 aromatic carbocycles. The molecule has 3 heterocycles. The Morgan fingerprint density at radius 1 is 1.33 bits per heavy atom. The van der Waals surface area contributed by atoms with Gasteiger partial charge in [-0.1, -0.05) is 19.9 Å². The first-order valence-electron chi connectivity index (χ1n) is 10.1. The van der Waals surface area contributed by atoms with Crippen LogP contribution in [0.25, 0.3) is 0 Å². The highest BCUT2D eigenvalue weighted by molar-refractivity contribution is 5.92. The second-order valence-electron chi connectivity index (χ2n) is 8.29. The fourth-order valence-corrected chi connectivity index (χ4v) is 4.12. The van der Waals surface area contributed by atoms with Gasteiger partial charge in [0, 0.05) is 38.9 Å². The van der Waals surface area contributed by atoms with E-state index in [-0.39, 0.29) is 17.4 Å². The van der Waals surface area contributed by atoms with Crippen molar-refractivity contribution >= 4 is 11.8 Å². The molecule has 2 aliphatic rings. The number of rotatable bonds is 5. The number of aromatic nitrogens is 1. The lowest BCUT2D eigenvalue weighted by Gasteiger charge is -2.46. The molecule has 1 aromatic heterocycles. The Hall–Kier alpha value is -1.95. The van der Waals surface area contributed by atoms with Gasteiger partial charge in [-0.3, -0.25) is 14.6 Å². The van der Waals surface area contributed by atoms with Crippen LogP contribution >= 0.6 is 0 Å². The molecule has 0 radical (unpaired) electrons. The summed E-state index contributed by atoms with van der Waals surface area (Å²) in [7, 11) is 0. The van der Waals surface area contributed by atoms with E-state index in [0.717, 1.165) is 45.4 Å². The molecule has 1 unspecified atom stereocenters. The van der Waals surface area contributed by atoms with Gasteiger partial charge in [-0.05, 0) is 49.7 Å². The van der Waals surface area contributed by atoms with Crippen LogP contribution in [-0.4, -0.2) is 53.5 Å². The summed E-state index contributed by atoms with van der Waals surface area (Å²) in [4.78, 5) is 30.6. The van der Waals surface area contributed by atoms with E-state index < -0.39 is 0 Å². The zero-order valence-electron chi connectivity index (χ0n) is 16.4. The Kier molecular flexibility index (Phi) is 6.47. The Morgan fingerprint density at radius 3 is 2.78 bits per heavy atom. The van der Waals surface area contributed by atoms with Gasteiger partial charge in [0.05, 0.1) is 5.60 Å². The number of nitrogens with zero attached hydrogens (tertiary/aromatic N) is 2. The van der Waals surface area contributed by atoms with E-state index in [1.54, 1.807) is 18.3 Å². The number of hydrogen-bond acceptors (Lipinski definition) is 4. The van der Waals surface area contributed by atoms with E-state index in [2.05, 4.69) is 24.1 Å². The molecule has 1 aromatic rings. The number of amides is 2. The van der Waals surface area contributed by atoms with Crippen molar-refractivity contribution in [1.29, 1.82) is 0 Å². The number of nitrogens with one attached hydrogen (secondary N) is 1. The number of hydrogen-bond donors (Lipinski definition) is 1. The second kappa shape index (κ2) is 8.83. The summed E-state index contributed by atoms with van der Waals surface area (Å²) in [5, 5.41) is 3.02. The van der Waals surface area contributed by atoms with Gasteiger partial charge < -0.3 is 15.0 Å². The minimum atomic E-state index is -0.132. The van der Waals surface area contributed by atoms with Crippen LogP contribution in [0.4, 0.5) is 0 Å². The largest absolute Gasteiger partial charge is 0.375 e. The van der Waals surface area contributed by atoms with E-state index >= 15 is 0 Å². The third-order valence-electron chi connectivity index (χ3n) is 5.65. The summed E-state index contributed by atoms with van der Waals surface area (Å²) in [6.07, 6.45) is 5.94. The van der Waals surface area contributed by atoms with Gasteiger partial charge in [-0.2, -0.15) is 0 Å². The van der Waals surface area contributed by atoms with E-state index in [9.17, 15) is 9.59 Å². The molecule has 6 heteroatoms. The van der Waals surface area contributed by atoms with Crippen molar-refractivity contribution in [1.82, 2.24) is 15.2 Å². The lowest BCUT2D eigenvalue weighted by molar-refractivity contribution is -0.147. The number of carbonyl (C=O) groups is 2. The summed E-state index contributed by atoms with van der Waals surface area (Å²) in [5.74, 6) is 0.941. The maximum atomic E-state index is 12.3. The van der Waals surface area contributed by atoms with Crippen LogP contribution in [0.1, 0.15) is 56.4 Å². The fourth-order valence-electron chi connectivity index (χ4n) is 4.12. The van der Waals surface area contributed by atoms with Crippen molar-refractivity contribution in [3.05, 3.63) is 30.1 Å². The van der Waals surface area contributed by atoms with E-state index in [1.165, 1.54) is 0 Å². The van der Waals surface area contributed by atoms with Gasteiger partial charge in [0.15, 0.2) is 0 Å². The van der Waals surface area contributed by atoms with Crippen LogP contribution in [0.2, 0.25) is 0 Å². The predicted octanol–water partition coefficient (Wildman–Crippen LogP) is 2.65. The molecule has 2 amide bonds. The summed E-state index contributed by atoms with van der Waals surface area (Å²) in [6.45, 7) is 7.09. The molecule has 1 atom stereocenters. The molecule has 0 saturated carbocycles. The molecule has 0 bridgehead atoms. The molecular formula is C21H31N3O3. The predicted molar refractivity (Wildman–Crippen MR) is 103 cm³/mol. The number of ether oxygens (including phenoxy) is 1.